The fraction of sp³-hybridized carbons (Fsp3) is 0.316. The second-order valence-electron chi connectivity index (χ2n) is 6.05. The molecule has 3 aromatic rings. The first-order chi connectivity index (χ1) is 12.2. The highest BCUT2D eigenvalue weighted by Crippen LogP contribution is 2.20. The maximum Gasteiger partial charge on any atom is 0.226 e. The SMILES string of the molecule is Cc1noc(CCCC(=O)NC(CN)c2ccc3ccccc3c2)n1. The third-order valence-corrected chi connectivity index (χ3v) is 4.11. The molecule has 3 N–H and O–H groups in total. The van der Waals surface area contributed by atoms with Gasteiger partial charge in [-0.05, 0) is 35.7 Å². The average Bonchev–Trinajstić information content (AvgIpc) is 3.04. The predicted molar refractivity (Wildman–Crippen MR) is 95.9 cm³/mol. The van der Waals surface area contributed by atoms with E-state index in [1.165, 1.54) is 5.39 Å². The monoisotopic (exact) mass is 338 g/mol. The number of hydrogen-bond donors (Lipinski definition) is 2. The van der Waals surface area contributed by atoms with Gasteiger partial charge in [-0.3, -0.25) is 4.79 Å². The second-order valence-corrected chi connectivity index (χ2v) is 6.05. The Morgan fingerprint density at radius 2 is 2.04 bits per heavy atom. The molecule has 25 heavy (non-hydrogen) atoms. The van der Waals surface area contributed by atoms with Crippen LogP contribution in [0.3, 0.4) is 0 Å². The molecule has 1 atom stereocenters. The fourth-order valence-electron chi connectivity index (χ4n) is 2.81. The third-order valence-electron chi connectivity index (χ3n) is 4.11. The van der Waals surface area contributed by atoms with Crippen LogP contribution in [0.25, 0.3) is 10.8 Å². The van der Waals surface area contributed by atoms with Crippen LogP contribution >= 0.6 is 0 Å². The number of benzene rings is 2. The summed E-state index contributed by atoms with van der Waals surface area (Å²) in [7, 11) is 0. The van der Waals surface area contributed by atoms with E-state index in [0.717, 1.165) is 10.9 Å². The number of nitrogens with two attached hydrogens (primary N) is 1. The minimum atomic E-state index is -0.192. The van der Waals surface area contributed by atoms with E-state index in [-0.39, 0.29) is 11.9 Å². The number of hydrogen-bond acceptors (Lipinski definition) is 5. The number of carbonyl (C=O) groups is 1. The van der Waals surface area contributed by atoms with E-state index in [1.54, 1.807) is 6.92 Å². The average molecular weight is 338 g/mol. The van der Waals surface area contributed by atoms with Gasteiger partial charge in [0.2, 0.25) is 11.8 Å². The Hall–Kier alpha value is -2.73. The molecular weight excluding hydrogens is 316 g/mol. The van der Waals surface area contributed by atoms with Gasteiger partial charge in [-0.1, -0.05) is 41.6 Å². The number of nitrogens with zero attached hydrogens (tertiary/aromatic N) is 2. The van der Waals surface area contributed by atoms with E-state index in [1.807, 2.05) is 18.2 Å². The second kappa shape index (κ2) is 7.90. The van der Waals surface area contributed by atoms with Crippen LogP contribution in [0.5, 0.6) is 0 Å². The highest BCUT2D eigenvalue weighted by molar-refractivity contribution is 5.83. The van der Waals surface area contributed by atoms with Gasteiger partial charge in [0, 0.05) is 19.4 Å². The van der Waals surface area contributed by atoms with Gasteiger partial charge in [-0.15, -0.1) is 0 Å². The van der Waals surface area contributed by atoms with Crippen molar-refractivity contribution >= 4 is 16.7 Å². The summed E-state index contributed by atoms with van der Waals surface area (Å²) < 4.78 is 5.05. The van der Waals surface area contributed by atoms with Crippen LogP contribution < -0.4 is 11.1 Å². The lowest BCUT2D eigenvalue weighted by Gasteiger charge is -2.18. The van der Waals surface area contributed by atoms with E-state index in [2.05, 4.69) is 39.7 Å². The molecule has 3 rings (SSSR count). The first-order valence-corrected chi connectivity index (χ1v) is 8.43. The van der Waals surface area contributed by atoms with Crippen LogP contribution in [0.4, 0.5) is 0 Å². The molecule has 2 aromatic carbocycles. The Morgan fingerprint density at radius 1 is 1.24 bits per heavy atom. The van der Waals surface area contributed by atoms with Crippen molar-refractivity contribution in [3.8, 4) is 0 Å². The number of aromatic nitrogens is 2. The van der Waals surface area contributed by atoms with Crippen LogP contribution in [0.2, 0.25) is 0 Å². The number of aryl methyl sites for hydroxylation is 2. The minimum Gasteiger partial charge on any atom is -0.348 e. The molecule has 0 bridgehead atoms. The van der Waals surface area contributed by atoms with E-state index in [0.29, 0.717) is 37.5 Å². The Morgan fingerprint density at radius 3 is 2.76 bits per heavy atom. The predicted octanol–water partition coefficient (Wildman–Crippen LogP) is 2.67. The van der Waals surface area contributed by atoms with Crippen molar-refractivity contribution in [2.24, 2.45) is 5.73 Å². The number of rotatable bonds is 7. The van der Waals surface area contributed by atoms with Crippen molar-refractivity contribution in [2.75, 3.05) is 6.54 Å². The molecule has 0 saturated heterocycles. The lowest BCUT2D eigenvalue weighted by atomic mass is 10.0. The fourth-order valence-corrected chi connectivity index (χ4v) is 2.81. The Balaban J connectivity index is 1.57. The molecule has 0 aliphatic carbocycles. The lowest BCUT2D eigenvalue weighted by molar-refractivity contribution is -0.121. The summed E-state index contributed by atoms with van der Waals surface area (Å²) in [5.74, 6) is 1.15. The molecule has 0 spiro atoms. The summed E-state index contributed by atoms with van der Waals surface area (Å²) >= 11 is 0. The van der Waals surface area contributed by atoms with Gasteiger partial charge in [-0.2, -0.15) is 4.98 Å². The molecular formula is C19H22N4O2. The van der Waals surface area contributed by atoms with E-state index in [9.17, 15) is 4.79 Å². The van der Waals surface area contributed by atoms with Crippen LogP contribution in [-0.4, -0.2) is 22.6 Å². The van der Waals surface area contributed by atoms with Gasteiger partial charge in [0.15, 0.2) is 5.82 Å². The number of fused-ring (bicyclic) bond motifs is 1. The van der Waals surface area contributed by atoms with Crippen molar-refractivity contribution < 1.29 is 9.32 Å². The maximum atomic E-state index is 12.2. The van der Waals surface area contributed by atoms with Gasteiger partial charge >= 0.3 is 0 Å². The molecule has 0 saturated carbocycles. The van der Waals surface area contributed by atoms with Crippen LogP contribution in [-0.2, 0) is 11.2 Å². The topological polar surface area (TPSA) is 94.0 Å². The molecule has 0 radical (unpaired) electrons. The Labute approximate surface area is 146 Å². The van der Waals surface area contributed by atoms with Gasteiger partial charge in [-0.25, -0.2) is 0 Å². The largest absolute Gasteiger partial charge is 0.348 e. The van der Waals surface area contributed by atoms with Crippen LogP contribution in [0.1, 0.15) is 36.2 Å². The number of nitrogens with one attached hydrogen (secondary N) is 1. The standard InChI is InChI=1S/C19H22N4O2/c1-13-21-19(25-23-13)8-4-7-18(24)22-17(12-20)16-10-9-14-5-2-3-6-15(14)11-16/h2-3,5-6,9-11,17H,4,7-8,12,20H2,1H3,(H,22,24). The van der Waals surface area contributed by atoms with E-state index < -0.39 is 0 Å². The minimum absolute atomic E-state index is 0.0279. The summed E-state index contributed by atoms with van der Waals surface area (Å²) in [6.07, 6.45) is 1.64. The van der Waals surface area contributed by atoms with Crippen molar-refractivity contribution in [3.63, 3.8) is 0 Å². The van der Waals surface area contributed by atoms with E-state index >= 15 is 0 Å². The zero-order valence-corrected chi connectivity index (χ0v) is 14.2. The lowest BCUT2D eigenvalue weighted by Crippen LogP contribution is -2.33. The summed E-state index contributed by atoms with van der Waals surface area (Å²) in [5.41, 5.74) is 6.89. The molecule has 0 fully saturated rings. The van der Waals surface area contributed by atoms with Gasteiger partial charge in [0.1, 0.15) is 0 Å². The zero-order valence-electron chi connectivity index (χ0n) is 14.2. The molecule has 1 amide bonds. The molecule has 6 nitrogen and oxygen atoms in total. The third kappa shape index (κ3) is 4.42. The molecule has 1 unspecified atom stereocenters. The quantitative estimate of drug-likeness (QED) is 0.691. The van der Waals surface area contributed by atoms with Gasteiger partial charge < -0.3 is 15.6 Å². The Kier molecular flexibility index (Phi) is 5.40. The zero-order chi connectivity index (χ0) is 17.6. The molecule has 0 aliphatic rings. The molecule has 1 heterocycles. The maximum absolute atomic E-state index is 12.2. The number of amides is 1. The Bertz CT molecular complexity index is 859. The highest BCUT2D eigenvalue weighted by Gasteiger charge is 2.14. The van der Waals surface area contributed by atoms with Gasteiger partial charge in [0.25, 0.3) is 0 Å². The van der Waals surface area contributed by atoms with Gasteiger partial charge in [0.05, 0.1) is 6.04 Å². The molecule has 130 valence electrons. The normalized spacial score (nSPS) is 12.2. The first-order valence-electron chi connectivity index (χ1n) is 8.43. The van der Waals surface area contributed by atoms with E-state index in [4.69, 9.17) is 10.3 Å². The smallest absolute Gasteiger partial charge is 0.226 e. The molecule has 6 heteroatoms. The summed E-state index contributed by atoms with van der Waals surface area (Å²) in [6.45, 7) is 2.13. The van der Waals surface area contributed by atoms with Crippen LogP contribution in [0.15, 0.2) is 47.0 Å². The van der Waals surface area contributed by atoms with Crippen molar-refractivity contribution in [1.29, 1.82) is 0 Å². The van der Waals surface area contributed by atoms with Crippen molar-refractivity contribution in [1.82, 2.24) is 15.5 Å². The van der Waals surface area contributed by atoms with Crippen molar-refractivity contribution in [2.45, 2.75) is 32.2 Å². The molecule has 0 aliphatic heterocycles. The summed E-state index contributed by atoms with van der Waals surface area (Å²) in [5, 5.41) is 9.05. The summed E-state index contributed by atoms with van der Waals surface area (Å²) in [6, 6.07) is 14.1. The summed E-state index contributed by atoms with van der Waals surface area (Å²) in [4.78, 5) is 16.3. The van der Waals surface area contributed by atoms with Crippen molar-refractivity contribution in [3.05, 3.63) is 59.7 Å². The number of carbonyl (C=O) groups excluding carboxylic acids is 1. The van der Waals surface area contributed by atoms with Crippen LogP contribution in [0, 0.1) is 6.92 Å². The first kappa shape index (κ1) is 17.1. The highest BCUT2D eigenvalue weighted by atomic mass is 16.5. The molecule has 1 aromatic heterocycles.